The third kappa shape index (κ3) is 2.81. The summed E-state index contributed by atoms with van der Waals surface area (Å²) in [6.07, 6.45) is 6.46. The maximum atomic E-state index is 4.63. The number of piperidine rings is 3. The molecule has 0 radical (unpaired) electrons. The Morgan fingerprint density at radius 2 is 1.81 bits per heavy atom. The van der Waals surface area contributed by atoms with Crippen molar-refractivity contribution < 1.29 is 0 Å². The van der Waals surface area contributed by atoms with Gasteiger partial charge in [-0.3, -0.25) is 4.90 Å². The van der Waals surface area contributed by atoms with Crippen LogP contribution in [0.2, 0.25) is 0 Å². The van der Waals surface area contributed by atoms with Crippen LogP contribution in [0.3, 0.4) is 0 Å². The van der Waals surface area contributed by atoms with Crippen LogP contribution in [0.1, 0.15) is 31.0 Å². The van der Waals surface area contributed by atoms with Crippen LogP contribution < -0.4 is 5.32 Å². The zero-order valence-corrected chi connectivity index (χ0v) is 16.3. The van der Waals surface area contributed by atoms with E-state index in [2.05, 4.69) is 64.1 Å². The standard InChI is InChI=1S/C22H27N5/c1-13-14(2)25-20-5-4-17(10-19(13)20)18-11-23-22(24-12-18)26-21-15(3)27-8-6-16(21)7-9-27/h4-5,10-12,15-16,21,25H,6-9H2,1-3H3,(H,23,24,26)/t15-,21+/m1/s1. The summed E-state index contributed by atoms with van der Waals surface area (Å²) >= 11 is 0. The van der Waals surface area contributed by atoms with Crippen molar-refractivity contribution in [2.24, 2.45) is 5.92 Å². The molecule has 140 valence electrons. The van der Waals surface area contributed by atoms with Crippen LogP contribution in [0, 0.1) is 19.8 Å². The minimum atomic E-state index is 0.459. The number of hydrogen-bond acceptors (Lipinski definition) is 4. The smallest absolute Gasteiger partial charge is 0.222 e. The molecule has 1 aromatic carbocycles. The van der Waals surface area contributed by atoms with Crippen molar-refractivity contribution in [1.29, 1.82) is 0 Å². The molecule has 3 aliphatic rings. The van der Waals surface area contributed by atoms with E-state index in [1.807, 2.05) is 12.4 Å². The second kappa shape index (κ2) is 6.34. The fourth-order valence-corrected chi connectivity index (χ4v) is 4.89. The quantitative estimate of drug-likeness (QED) is 0.736. The first-order chi connectivity index (χ1) is 13.1. The van der Waals surface area contributed by atoms with Crippen molar-refractivity contribution in [2.75, 3.05) is 18.4 Å². The Labute approximate surface area is 160 Å². The van der Waals surface area contributed by atoms with Gasteiger partial charge in [0.25, 0.3) is 0 Å². The van der Waals surface area contributed by atoms with Crippen LogP contribution in [0.25, 0.3) is 22.0 Å². The van der Waals surface area contributed by atoms with E-state index >= 15 is 0 Å². The van der Waals surface area contributed by atoms with E-state index in [1.165, 1.54) is 48.1 Å². The molecule has 0 saturated carbocycles. The summed E-state index contributed by atoms with van der Waals surface area (Å²) in [5, 5.41) is 4.89. The number of nitrogens with zero attached hydrogens (tertiary/aromatic N) is 3. The molecule has 3 aromatic rings. The molecular formula is C22H27N5. The molecule has 0 aliphatic carbocycles. The number of hydrogen-bond donors (Lipinski definition) is 2. The van der Waals surface area contributed by atoms with E-state index in [-0.39, 0.29) is 0 Å². The molecule has 0 amide bonds. The third-order valence-electron chi connectivity index (χ3n) is 6.77. The van der Waals surface area contributed by atoms with Crippen LogP contribution >= 0.6 is 0 Å². The van der Waals surface area contributed by atoms with Gasteiger partial charge in [-0.05, 0) is 75.9 Å². The average molecular weight is 361 g/mol. The highest BCUT2D eigenvalue weighted by Crippen LogP contribution is 2.34. The average Bonchev–Trinajstić information content (AvgIpc) is 2.99. The first-order valence-electron chi connectivity index (χ1n) is 10.0. The number of aryl methyl sites for hydroxylation is 2. The normalized spacial score (nSPS) is 27.2. The number of benzene rings is 1. The predicted octanol–water partition coefficient (Wildman–Crippen LogP) is 4.14. The Balaban J connectivity index is 1.38. The Hall–Kier alpha value is -2.40. The summed E-state index contributed by atoms with van der Waals surface area (Å²) in [5.74, 6) is 1.49. The lowest BCUT2D eigenvalue weighted by Gasteiger charge is -2.49. The Morgan fingerprint density at radius 1 is 1.07 bits per heavy atom. The first-order valence-corrected chi connectivity index (χ1v) is 10.0. The van der Waals surface area contributed by atoms with Gasteiger partial charge in [0.2, 0.25) is 5.95 Å². The molecule has 3 aliphatic heterocycles. The van der Waals surface area contributed by atoms with Crippen molar-refractivity contribution in [3.05, 3.63) is 41.9 Å². The van der Waals surface area contributed by atoms with E-state index in [0.717, 1.165) is 23.0 Å². The molecule has 2 N–H and O–H groups in total. The molecule has 5 nitrogen and oxygen atoms in total. The number of rotatable bonds is 3. The molecule has 5 heterocycles. The van der Waals surface area contributed by atoms with Gasteiger partial charge in [0.1, 0.15) is 0 Å². The largest absolute Gasteiger partial charge is 0.358 e. The minimum absolute atomic E-state index is 0.459. The monoisotopic (exact) mass is 361 g/mol. The van der Waals surface area contributed by atoms with Crippen LogP contribution in [-0.2, 0) is 0 Å². The first kappa shape index (κ1) is 16.8. The van der Waals surface area contributed by atoms with Crippen molar-refractivity contribution in [3.8, 4) is 11.1 Å². The lowest BCUT2D eigenvalue weighted by molar-refractivity contribution is 0.0455. The van der Waals surface area contributed by atoms with Gasteiger partial charge >= 0.3 is 0 Å². The molecule has 0 unspecified atom stereocenters. The van der Waals surface area contributed by atoms with Crippen molar-refractivity contribution in [2.45, 2.75) is 45.7 Å². The van der Waals surface area contributed by atoms with Crippen LogP contribution in [0.4, 0.5) is 5.95 Å². The highest BCUT2D eigenvalue weighted by atomic mass is 15.2. The Kier molecular flexibility index (Phi) is 3.93. The topological polar surface area (TPSA) is 56.8 Å². The second-order valence-corrected chi connectivity index (χ2v) is 8.21. The number of aromatic nitrogens is 3. The van der Waals surface area contributed by atoms with Crippen molar-refractivity contribution >= 4 is 16.9 Å². The van der Waals surface area contributed by atoms with Gasteiger partial charge < -0.3 is 10.3 Å². The molecule has 2 atom stereocenters. The molecule has 0 spiro atoms. The summed E-state index contributed by atoms with van der Waals surface area (Å²) in [5.41, 5.74) is 5.94. The maximum Gasteiger partial charge on any atom is 0.222 e. The van der Waals surface area contributed by atoms with Crippen molar-refractivity contribution in [3.63, 3.8) is 0 Å². The van der Waals surface area contributed by atoms with E-state index < -0.39 is 0 Å². The lowest BCUT2D eigenvalue weighted by atomic mass is 9.79. The number of nitrogens with one attached hydrogen (secondary N) is 2. The summed E-state index contributed by atoms with van der Waals surface area (Å²) in [6, 6.07) is 7.53. The fourth-order valence-electron chi connectivity index (χ4n) is 4.89. The van der Waals surface area contributed by atoms with Gasteiger partial charge in [0, 0.05) is 46.6 Å². The van der Waals surface area contributed by atoms with Gasteiger partial charge in [-0.2, -0.15) is 0 Å². The van der Waals surface area contributed by atoms with Crippen LogP contribution in [0.15, 0.2) is 30.6 Å². The number of fused-ring (bicyclic) bond motifs is 4. The highest BCUT2D eigenvalue weighted by Gasteiger charge is 2.39. The second-order valence-electron chi connectivity index (χ2n) is 8.21. The van der Waals surface area contributed by atoms with Crippen molar-refractivity contribution in [1.82, 2.24) is 19.9 Å². The highest BCUT2D eigenvalue weighted by molar-refractivity contribution is 5.88. The van der Waals surface area contributed by atoms with E-state index in [4.69, 9.17) is 0 Å². The molecule has 2 bridgehead atoms. The number of anilines is 1. The molecule has 3 saturated heterocycles. The molecule has 27 heavy (non-hydrogen) atoms. The SMILES string of the molecule is Cc1[nH]c2ccc(-c3cnc(N[C@@H]4C5CCN(CC5)[C@@H]4C)nc3)cc2c1C. The van der Waals surface area contributed by atoms with E-state index in [9.17, 15) is 0 Å². The van der Waals surface area contributed by atoms with E-state index in [1.54, 1.807) is 0 Å². The predicted molar refractivity (Wildman–Crippen MR) is 110 cm³/mol. The maximum absolute atomic E-state index is 4.63. The fraction of sp³-hybridized carbons (Fsp3) is 0.455. The summed E-state index contributed by atoms with van der Waals surface area (Å²) in [7, 11) is 0. The minimum Gasteiger partial charge on any atom is -0.358 e. The van der Waals surface area contributed by atoms with Gasteiger partial charge in [0.15, 0.2) is 0 Å². The summed E-state index contributed by atoms with van der Waals surface area (Å²) < 4.78 is 0. The van der Waals surface area contributed by atoms with Gasteiger partial charge in [-0.15, -0.1) is 0 Å². The van der Waals surface area contributed by atoms with Gasteiger partial charge in [0.05, 0.1) is 0 Å². The summed E-state index contributed by atoms with van der Waals surface area (Å²) in [6.45, 7) is 9.09. The molecule has 2 aromatic heterocycles. The molecule has 5 heteroatoms. The zero-order chi connectivity index (χ0) is 18.5. The molecule has 6 rings (SSSR count). The Bertz CT molecular complexity index is 964. The summed E-state index contributed by atoms with van der Waals surface area (Å²) in [4.78, 5) is 15.3. The third-order valence-corrected chi connectivity index (χ3v) is 6.77. The zero-order valence-electron chi connectivity index (χ0n) is 16.3. The van der Waals surface area contributed by atoms with Crippen LogP contribution in [0.5, 0.6) is 0 Å². The Morgan fingerprint density at radius 3 is 2.52 bits per heavy atom. The molecular weight excluding hydrogens is 334 g/mol. The van der Waals surface area contributed by atoms with Gasteiger partial charge in [-0.25, -0.2) is 9.97 Å². The van der Waals surface area contributed by atoms with Gasteiger partial charge in [-0.1, -0.05) is 6.07 Å². The van der Waals surface area contributed by atoms with Crippen LogP contribution in [-0.4, -0.2) is 45.0 Å². The number of H-pyrrole nitrogens is 1. The van der Waals surface area contributed by atoms with E-state index in [0.29, 0.717) is 12.1 Å². The lowest BCUT2D eigenvalue weighted by Crippen LogP contribution is -2.59. The molecule has 3 fully saturated rings. The number of aromatic amines is 1.